The summed E-state index contributed by atoms with van der Waals surface area (Å²) in [7, 11) is 0. The number of hydrogen-bond acceptors (Lipinski definition) is 5. The maximum atomic E-state index is 13.6. The molecule has 7 nitrogen and oxygen atoms in total. The highest BCUT2D eigenvalue weighted by Gasteiger charge is 2.32. The van der Waals surface area contributed by atoms with Crippen molar-refractivity contribution in [2.75, 3.05) is 13.2 Å². The van der Waals surface area contributed by atoms with Crippen LogP contribution in [0.15, 0.2) is 35.5 Å². The maximum absolute atomic E-state index is 13.6. The molecule has 0 saturated heterocycles. The van der Waals surface area contributed by atoms with Gasteiger partial charge in [0, 0.05) is 0 Å². The van der Waals surface area contributed by atoms with E-state index in [0.29, 0.717) is 6.42 Å². The molecule has 1 heterocycles. The molecular formula is C17H19FN2O5. The number of halogens is 1. The van der Waals surface area contributed by atoms with Crippen molar-refractivity contribution in [3.8, 4) is 0 Å². The molecule has 0 unspecified atom stereocenters. The van der Waals surface area contributed by atoms with E-state index in [1.165, 1.54) is 18.2 Å². The third-order valence-corrected chi connectivity index (χ3v) is 3.59. The van der Waals surface area contributed by atoms with Gasteiger partial charge in [-0.25, -0.2) is 18.8 Å². The van der Waals surface area contributed by atoms with Gasteiger partial charge in [-0.3, -0.25) is 0 Å². The highest BCUT2D eigenvalue weighted by atomic mass is 19.1. The second kappa shape index (κ2) is 8.27. The number of ether oxygens (including phenoxy) is 2. The van der Waals surface area contributed by atoms with Gasteiger partial charge in [0.25, 0.3) is 0 Å². The summed E-state index contributed by atoms with van der Waals surface area (Å²) in [5, 5.41) is 5.05. The molecule has 8 heteroatoms. The van der Waals surface area contributed by atoms with E-state index >= 15 is 0 Å². The van der Waals surface area contributed by atoms with E-state index < -0.39 is 29.8 Å². The first-order chi connectivity index (χ1) is 12.0. The minimum Gasteiger partial charge on any atom is -0.463 e. The quantitative estimate of drug-likeness (QED) is 0.764. The molecule has 1 aromatic carbocycles. The number of amides is 2. The van der Waals surface area contributed by atoms with E-state index in [-0.39, 0.29) is 30.0 Å². The number of rotatable bonds is 6. The first kappa shape index (κ1) is 18.4. The Kier molecular flexibility index (Phi) is 6.10. The second-order valence-electron chi connectivity index (χ2n) is 5.23. The molecule has 2 N–H and O–H groups in total. The Morgan fingerprint density at radius 1 is 1.16 bits per heavy atom. The van der Waals surface area contributed by atoms with Gasteiger partial charge in [0.2, 0.25) is 0 Å². The summed E-state index contributed by atoms with van der Waals surface area (Å²) in [6.07, 6.45) is 0.451. The Morgan fingerprint density at radius 3 is 2.52 bits per heavy atom. The van der Waals surface area contributed by atoms with Crippen molar-refractivity contribution in [2.24, 2.45) is 0 Å². The van der Waals surface area contributed by atoms with Gasteiger partial charge in [-0.05, 0) is 25.5 Å². The number of hydrogen-bond donors (Lipinski definition) is 2. The monoisotopic (exact) mass is 350 g/mol. The Bertz CT molecular complexity index is 717. The van der Waals surface area contributed by atoms with Crippen molar-refractivity contribution in [3.05, 3.63) is 46.9 Å². The van der Waals surface area contributed by atoms with Gasteiger partial charge in [-0.2, -0.15) is 0 Å². The molecular weight excluding hydrogens is 331 g/mol. The van der Waals surface area contributed by atoms with Crippen LogP contribution >= 0.6 is 0 Å². The fourth-order valence-corrected chi connectivity index (χ4v) is 2.42. The summed E-state index contributed by atoms with van der Waals surface area (Å²) in [5.41, 5.74) is 0.0807. The van der Waals surface area contributed by atoms with Gasteiger partial charge >= 0.3 is 18.0 Å². The van der Waals surface area contributed by atoms with Crippen LogP contribution in [0.5, 0.6) is 0 Å². The van der Waals surface area contributed by atoms with E-state index in [1.54, 1.807) is 13.8 Å². The van der Waals surface area contributed by atoms with E-state index in [2.05, 4.69) is 10.6 Å². The summed E-state index contributed by atoms with van der Waals surface area (Å²) in [6, 6.07) is 4.30. The minimum absolute atomic E-state index is 0.124. The van der Waals surface area contributed by atoms with Gasteiger partial charge in [-0.15, -0.1) is 0 Å². The van der Waals surface area contributed by atoms with Gasteiger partial charge in [-0.1, -0.05) is 19.1 Å². The number of benzene rings is 1. The summed E-state index contributed by atoms with van der Waals surface area (Å²) >= 11 is 0. The molecule has 2 amide bonds. The van der Waals surface area contributed by atoms with Crippen LogP contribution in [0.3, 0.4) is 0 Å². The number of nitrogens with one attached hydrogen (secondary N) is 2. The zero-order chi connectivity index (χ0) is 18.4. The largest absolute Gasteiger partial charge is 0.463 e. The third-order valence-electron chi connectivity index (χ3n) is 3.59. The average Bonchev–Trinajstić information content (AvgIpc) is 2.59. The molecule has 1 aliphatic rings. The Labute approximate surface area is 144 Å². The molecule has 0 bridgehead atoms. The third kappa shape index (κ3) is 4.34. The van der Waals surface area contributed by atoms with Gasteiger partial charge < -0.3 is 20.1 Å². The van der Waals surface area contributed by atoms with Crippen LogP contribution in [0.4, 0.5) is 9.18 Å². The lowest BCUT2D eigenvalue weighted by atomic mass is 10.0. The van der Waals surface area contributed by atoms with E-state index in [0.717, 1.165) is 6.07 Å². The van der Waals surface area contributed by atoms with Crippen molar-refractivity contribution in [1.82, 2.24) is 10.6 Å². The molecule has 0 aliphatic carbocycles. The van der Waals surface area contributed by atoms with Crippen LogP contribution in [0.2, 0.25) is 0 Å². The standard InChI is InChI=1S/C17H19FN2O5/c1-3-12-14(16(22)24-4-2)13(20-17(23)19-12)9-25-15(21)10-7-5-6-8-11(10)18/h5-8,12H,3-4,9H2,1-2H3,(H2,19,20,23)/t12-/m1/s1. The van der Waals surface area contributed by atoms with Crippen molar-refractivity contribution in [3.63, 3.8) is 0 Å². The lowest BCUT2D eigenvalue weighted by Gasteiger charge is -2.28. The highest BCUT2D eigenvalue weighted by molar-refractivity contribution is 5.95. The lowest BCUT2D eigenvalue weighted by molar-refractivity contribution is -0.139. The Morgan fingerprint density at radius 2 is 1.88 bits per heavy atom. The predicted molar refractivity (Wildman–Crippen MR) is 86.1 cm³/mol. The normalized spacial score (nSPS) is 16.8. The zero-order valence-corrected chi connectivity index (χ0v) is 13.9. The number of urea groups is 1. The topological polar surface area (TPSA) is 93.7 Å². The number of esters is 2. The molecule has 0 spiro atoms. The van der Waals surface area contributed by atoms with E-state index in [4.69, 9.17) is 9.47 Å². The first-order valence-corrected chi connectivity index (χ1v) is 7.87. The summed E-state index contributed by atoms with van der Waals surface area (Å²) in [5.74, 6) is -2.22. The van der Waals surface area contributed by atoms with Crippen LogP contribution in [0, 0.1) is 5.82 Å². The smallest absolute Gasteiger partial charge is 0.341 e. The predicted octanol–water partition coefficient (Wildman–Crippen LogP) is 1.89. The molecule has 0 saturated carbocycles. The molecule has 134 valence electrons. The fourth-order valence-electron chi connectivity index (χ4n) is 2.42. The molecule has 25 heavy (non-hydrogen) atoms. The van der Waals surface area contributed by atoms with Crippen molar-refractivity contribution < 1.29 is 28.2 Å². The van der Waals surface area contributed by atoms with Gasteiger partial charge in [0.05, 0.1) is 29.5 Å². The van der Waals surface area contributed by atoms with Crippen molar-refractivity contribution in [2.45, 2.75) is 26.3 Å². The van der Waals surface area contributed by atoms with E-state index in [9.17, 15) is 18.8 Å². The van der Waals surface area contributed by atoms with Crippen LogP contribution in [-0.4, -0.2) is 37.2 Å². The number of carbonyl (C=O) groups is 3. The highest BCUT2D eigenvalue weighted by Crippen LogP contribution is 2.18. The molecule has 1 atom stereocenters. The van der Waals surface area contributed by atoms with Crippen molar-refractivity contribution >= 4 is 18.0 Å². The SMILES string of the molecule is CCOC(=O)C1=C(COC(=O)c2ccccc2F)NC(=O)N[C@@H]1CC. The average molecular weight is 350 g/mol. The molecule has 0 fully saturated rings. The summed E-state index contributed by atoms with van der Waals surface area (Å²) < 4.78 is 23.7. The summed E-state index contributed by atoms with van der Waals surface area (Å²) in [6.45, 7) is 3.23. The number of carbonyl (C=O) groups excluding carboxylic acids is 3. The van der Waals surface area contributed by atoms with Crippen molar-refractivity contribution in [1.29, 1.82) is 0 Å². The van der Waals surface area contributed by atoms with Gasteiger partial charge in [0.1, 0.15) is 12.4 Å². The zero-order valence-electron chi connectivity index (χ0n) is 13.9. The molecule has 0 aromatic heterocycles. The molecule has 0 radical (unpaired) electrons. The molecule has 2 rings (SSSR count). The van der Waals surface area contributed by atoms with Crippen LogP contribution in [0.25, 0.3) is 0 Å². The minimum atomic E-state index is -0.894. The first-order valence-electron chi connectivity index (χ1n) is 7.87. The van der Waals surface area contributed by atoms with E-state index in [1.807, 2.05) is 0 Å². The molecule has 1 aromatic rings. The Balaban J connectivity index is 2.22. The summed E-state index contributed by atoms with van der Waals surface area (Å²) in [4.78, 5) is 35.9. The maximum Gasteiger partial charge on any atom is 0.341 e. The molecule has 1 aliphatic heterocycles. The second-order valence-corrected chi connectivity index (χ2v) is 5.23. The lowest BCUT2D eigenvalue weighted by Crippen LogP contribution is -2.51. The van der Waals surface area contributed by atoms with Gasteiger partial charge in [0.15, 0.2) is 0 Å². The van der Waals surface area contributed by atoms with Crippen LogP contribution in [0.1, 0.15) is 30.6 Å². The van der Waals surface area contributed by atoms with Crippen LogP contribution < -0.4 is 10.6 Å². The fraction of sp³-hybridized carbons (Fsp3) is 0.353. The van der Waals surface area contributed by atoms with Crippen LogP contribution in [-0.2, 0) is 14.3 Å². The Hall–Kier alpha value is -2.90.